The molecule has 1 N–H and O–H groups in total. The van der Waals surface area contributed by atoms with E-state index in [9.17, 15) is 13.9 Å². The number of phenols is 1. The molecule has 11 heteroatoms. The normalized spacial score (nSPS) is 24.0. The Morgan fingerprint density at radius 3 is 2.89 bits per heavy atom. The van der Waals surface area contributed by atoms with Crippen LogP contribution in [0, 0.1) is 24.0 Å². The van der Waals surface area contributed by atoms with E-state index in [1.54, 1.807) is 0 Å². The van der Waals surface area contributed by atoms with Crippen LogP contribution in [-0.2, 0) is 4.74 Å². The third-order valence-electron chi connectivity index (χ3n) is 9.08. The molecule has 2 aromatic carbocycles. The van der Waals surface area contributed by atoms with Crippen molar-refractivity contribution in [1.82, 2.24) is 19.9 Å². The first-order chi connectivity index (χ1) is 21.3. The van der Waals surface area contributed by atoms with Crippen LogP contribution in [0.15, 0.2) is 30.5 Å². The second-order valence-electron chi connectivity index (χ2n) is 12.0. The minimum atomic E-state index is -0.925. The van der Waals surface area contributed by atoms with Crippen LogP contribution < -0.4 is 9.64 Å². The summed E-state index contributed by atoms with van der Waals surface area (Å²) in [5.74, 6) is 1.22. The van der Waals surface area contributed by atoms with Gasteiger partial charge in [0.25, 0.3) is 0 Å². The number of halogens is 3. The minimum Gasteiger partial charge on any atom is -0.508 e. The van der Waals surface area contributed by atoms with Crippen LogP contribution in [0.25, 0.3) is 32.9 Å². The van der Waals surface area contributed by atoms with Crippen molar-refractivity contribution in [2.75, 3.05) is 44.3 Å². The topological polar surface area (TPSA) is 83.8 Å². The summed E-state index contributed by atoms with van der Waals surface area (Å²) in [5, 5.41) is 11.5. The quantitative estimate of drug-likeness (QED) is 0.305. The number of ether oxygens (including phenoxy) is 2. The molecule has 228 valence electrons. The highest BCUT2D eigenvalue weighted by molar-refractivity contribution is 6.03. The Hall–Kier alpha value is -4.14. The van der Waals surface area contributed by atoms with Crippen molar-refractivity contribution in [3.05, 3.63) is 47.7 Å². The number of fused-ring (bicyclic) bond motifs is 3. The summed E-state index contributed by atoms with van der Waals surface area (Å²) in [7, 11) is 0. The van der Waals surface area contributed by atoms with Gasteiger partial charge in [0.15, 0.2) is 5.82 Å². The van der Waals surface area contributed by atoms with Gasteiger partial charge in [-0.3, -0.25) is 9.88 Å². The summed E-state index contributed by atoms with van der Waals surface area (Å²) >= 11 is 0. The number of terminal acetylenes is 1. The molecule has 0 unspecified atom stereocenters. The molecular formula is C33H32F3N5O3. The van der Waals surface area contributed by atoms with E-state index in [4.69, 9.17) is 20.9 Å². The summed E-state index contributed by atoms with van der Waals surface area (Å²) in [5.41, 5.74) is -0.570. The van der Waals surface area contributed by atoms with E-state index in [1.807, 2.05) is 11.8 Å². The predicted molar refractivity (Wildman–Crippen MR) is 161 cm³/mol. The van der Waals surface area contributed by atoms with Crippen molar-refractivity contribution in [3.8, 4) is 35.4 Å². The molecule has 3 aliphatic heterocycles. The first kappa shape index (κ1) is 28.6. The number of rotatable bonds is 5. The fraction of sp³-hybridized carbons (Fsp3) is 0.424. The summed E-state index contributed by atoms with van der Waals surface area (Å²) in [6.07, 6.45) is 8.99. The molecule has 0 aliphatic carbocycles. The maximum atomic E-state index is 16.7. The molecule has 0 bridgehead atoms. The molecule has 2 aromatic heterocycles. The van der Waals surface area contributed by atoms with Crippen LogP contribution in [0.3, 0.4) is 0 Å². The SMILES string of the molecule is C#Cc1c(F)ccc2cc(O)cc(-c3ncc4c(N5CCCO[C@H](C)C5)nc(OC[C@@]56CCCN5C[C@H](F)C6)nc4c3F)c12. The zero-order chi connectivity index (χ0) is 30.6. The predicted octanol–water partition coefficient (Wildman–Crippen LogP) is 5.38. The molecular weight excluding hydrogens is 571 g/mol. The van der Waals surface area contributed by atoms with E-state index in [2.05, 4.69) is 20.8 Å². The number of aromatic hydroxyl groups is 1. The number of pyridine rings is 1. The monoisotopic (exact) mass is 603 g/mol. The molecule has 5 heterocycles. The lowest BCUT2D eigenvalue weighted by molar-refractivity contribution is 0.0820. The zero-order valence-electron chi connectivity index (χ0n) is 24.3. The Kier molecular flexibility index (Phi) is 7.22. The summed E-state index contributed by atoms with van der Waals surface area (Å²) in [6.45, 7) is 5.04. The third-order valence-corrected chi connectivity index (χ3v) is 9.08. The Morgan fingerprint density at radius 1 is 1.18 bits per heavy atom. The molecule has 0 spiro atoms. The van der Waals surface area contributed by atoms with Gasteiger partial charge in [-0.25, -0.2) is 13.2 Å². The second-order valence-corrected chi connectivity index (χ2v) is 12.0. The van der Waals surface area contributed by atoms with Crippen molar-refractivity contribution in [2.24, 2.45) is 0 Å². The lowest BCUT2D eigenvalue weighted by Gasteiger charge is -2.31. The average molecular weight is 604 g/mol. The Bertz CT molecular complexity index is 1810. The van der Waals surface area contributed by atoms with E-state index in [1.165, 1.54) is 30.5 Å². The second kappa shape index (κ2) is 11.1. The number of nitrogens with zero attached hydrogens (tertiary/aromatic N) is 5. The number of phenolic OH excluding ortho intramolecular Hbond substituents is 1. The number of benzene rings is 2. The van der Waals surface area contributed by atoms with Gasteiger partial charge in [-0.05, 0) is 56.3 Å². The largest absolute Gasteiger partial charge is 0.508 e. The zero-order valence-corrected chi connectivity index (χ0v) is 24.3. The average Bonchev–Trinajstić information content (AvgIpc) is 3.43. The smallest absolute Gasteiger partial charge is 0.319 e. The van der Waals surface area contributed by atoms with Gasteiger partial charge in [0.05, 0.1) is 22.6 Å². The van der Waals surface area contributed by atoms with Gasteiger partial charge >= 0.3 is 6.01 Å². The Morgan fingerprint density at radius 2 is 2.05 bits per heavy atom. The summed E-state index contributed by atoms with van der Waals surface area (Å²) < 4.78 is 57.9. The summed E-state index contributed by atoms with van der Waals surface area (Å²) in [6, 6.07) is 5.40. The maximum Gasteiger partial charge on any atom is 0.319 e. The molecule has 3 aliphatic rings. The first-order valence-corrected chi connectivity index (χ1v) is 14.9. The van der Waals surface area contributed by atoms with Crippen LogP contribution in [0.2, 0.25) is 0 Å². The highest BCUT2D eigenvalue weighted by atomic mass is 19.1. The van der Waals surface area contributed by atoms with Crippen LogP contribution in [0.4, 0.5) is 19.0 Å². The van der Waals surface area contributed by atoms with Crippen molar-refractivity contribution >= 4 is 27.5 Å². The van der Waals surface area contributed by atoms with Gasteiger partial charge in [-0.15, -0.1) is 6.42 Å². The lowest BCUT2D eigenvalue weighted by Crippen LogP contribution is -2.43. The molecule has 44 heavy (non-hydrogen) atoms. The van der Waals surface area contributed by atoms with E-state index in [0.717, 1.165) is 25.8 Å². The van der Waals surface area contributed by atoms with Crippen LogP contribution in [-0.4, -0.2) is 82.2 Å². The molecule has 3 saturated heterocycles. The molecule has 3 atom stereocenters. The van der Waals surface area contributed by atoms with Crippen molar-refractivity contribution < 1.29 is 27.8 Å². The molecule has 3 fully saturated rings. The van der Waals surface area contributed by atoms with Gasteiger partial charge in [-0.2, -0.15) is 9.97 Å². The van der Waals surface area contributed by atoms with E-state index in [-0.39, 0.29) is 52.2 Å². The Balaban J connectivity index is 1.38. The van der Waals surface area contributed by atoms with E-state index >= 15 is 4.39 Å². The number of alkyl halides is 1. The van der Waals surface area contributed by atoms with Crippen LogP contribution in [0.1, 0.15) is 38.2 Å². The molecule has 7 rings (SSSR count). The molecule has 0 saturated carbocycles. The number of aromatic nitrogens is 3. The van der Waals surface area contributed by atoms with Gasteiger partial charge in [0.2, 0.25) is 0 Å². The van der Waals surface area contributed by atoms with Gasteiger partial charge in [-0.1, -0.05) is 12.0 Å². The third kappa shape index (κ3) is 4.86. The fourth-order valence-corrected chi connectivity index (χ4v) is 7.10. The molecule has 0 amide bonds. The van der Waals surface area contributed by atoms with E-state index in [0.29, 0.717) is 49.3 Å². The van der Waals surface area contributed by atoms with Gasteiger partial charge < -0.3 is 19.5 Å². The number of anilines is 1. The molecule has 0 radical (unpaired) electrons. The van der Waals surface area contributed by atoms with Gasteiger partial charge in [0.1, 0.15) is 41.4 Å². The highest BCUT2D eigenvalue weighted by Gasteiger charge is 2.49. The summed E-state index contributed by atoms with van der Waals surface area (Å²) in [4.78, 5) is 17.9. The molecule has 4 aromatic rings. The van der Waals surface area contributed by atoms with Crippen molar-refractivity contribution in [2.45, 2.75) is 50.4 Å². The Labute approximate surface area is 252 Å². The van der Waals surface area contributed by atoms with Crippen LogP contribution >= 0.6 is 0 Å². The number of hydrogen-bond acceptors (Lipinski definition) is 8. The lowest BCUT2D eigenvalue weighted by atomic mass is 9.95. The van der Waals surface area contributed by atoms with Crippen molar-refractivity contribution in [1.29, 1.82) is 0 Å². The van der Waals surface area contributed by atoms with Crippen molar-refractivity contribution in [3.63, 3.8) is 0 Å². The highest BCUT2D eigenvalue weighted by Crippen LogP contribution is 2.41. The van der Waals surface area contributed by atoms with Crippen LogP contribution in [0.5, 0.6) is 11.8 Å². The van der Waals surface area contributed by atoms with E-state index < -0.39 is 23.3 Å². The maximum absolute atomic E-state index is 16.7. The minimum absolute atomic E-state index is 0.0268. The number of hydrogen-bond donors (Lipinski definition) is 1. The fourth-order valence-electron chi connectivity index (χ4n) is 7.10. The first-order valence-electron chi connectivity index (χ1n) is 14.9. The van der Waals surface area contributed by atoms with Gasteiger partial charge in [0, 0.05) is 49.8 Å². The molecule has 8 nitrogen and oxygen atoms in total. The standard InChI is InChI=1S/C33H32F3N5O3/c1-3-23-26(35)7-6-20-12-22(42)13-24(27(20)23)29-28(36)30-25(15-37-29)31(40-9-5-11-43-19(2)16-40)39-32(38-30)44-18-33-8-4-10-41(33)17-21(34)14-33/h1,6-7,12-13,15,19,21,42H,4-5,8-11,14,16-18H2,2H3/t19-,21-,33+/m1/s1.